The van der Waals surface area contributed by atoms with Crippen LogP contribution < -0.4 is 10.6 Å². The first-order valence-corrected chi connectivity index (χ1v) is 5.41. The lowest BCUT2D eigenvalue weighted by molar-refractivity contribution is -0.142. The Bertz CT molecular complexity index is 237. The average molecular weight is 214 g/mol. The van der Waals surface area contributed by atoms with Crippen molar-refractivity contribution >= 4 is 11.9 Å². The number of aliphatic carboxylic acids is 1. The van der Waals surface area contributed by atoms with Crippen LogP contribution in [0.3, 0.4) is 0 Å². The lowest BCUT2D eigenvalue weighted by Gasteiger charge is -2.16. The van der Waals surface area contributed by atoms with E-state index in [0.717, 1.165) is 25.8 Å². The predicted octanol–water partition coefficient (Wildman–Crippen LogP) is 0.108. The van der Waals surface area contributed by atoms with Crippen molar-refractivity contribution in [2.24, 2.45) is 0 Å². The molecule has 3 N–H and O–H groups in total. The van der Waals surface area contributed by atoms with Gasteiger partial charge in [-0.05, 0) is 25.8 Å². The number of carbonyl (C=O) groups excluding carboxylic acids is 1. The fourth-order valence-electron chi connectivity index (χ4n) is 1.73. The highest BCUT2D eigenvalue weighted by atomic mass is 16.4. The van der Waals surface area contributed by atoms with Crippen LogP contribution >= 0.6 is 0 Å². The number of hydrogen-bond donors (Lipinski definition) is 3. The first-order chi connectivity index (χ1) is 7.15. The smallest absolute Gasteiger partial charge is 0.326 e. The maximum Gasteiger partial charge on any atom is 0.326 e. The molecule has 5 nitrogen and oxygen atoms in total. The molecule has 1 amide bonds. The fraction of sp³-hybridized carbons (Fsp3) is 0.800. The number of carboxylic acid groups (broad SMARTS) is 1. The standard InChI is InChI=1S/C10H18N2O3/c1-2-4-8(10(14)15)12-9(13)7-5-3-6-11-7/h7-8,11H,2-6H2,1H3,(H,12,13)(H,14,15)/t7?,8-/m0/s1. The van der Waals surface area contributed by atoms with Crippen LogP contribution in [0.5, 0.6) is 0 Å². The molecule has 1 fully saturated rings. The van der Waals surface area contributed by atoms with Gasteiger partial charge in [-0.25, -0.2) is 4.79 Å². The van der Waals surface area contributed by atoms with Gasteiger partial charge in [0, 0.05) is 0 Å². The Labute approximate surface area is 89.2 Å². The van der Waals surface area contributed by atoms with Crippen molar-refractivity contribution in [1.29, 1.82) is 0 Å². The van der Waals surface area contributed by atoms with Crippen molar-refractivity contribution in [3.05, 3.63) is 0 Å². The SMILES string of the molecule is CCC[C@H](NC(=O)C1CCCN1)C(=O)O. The van der Waals surface area contributed by atoms with Crippen LogP contribution in [0.2, 0.25) is 0 Å². The van der Waals surface area contributed by atoms with E-state index in [1.807, 2.05) is 6.92 Å². The van der Waals surface area contributed by atoms with Crippen LogP contribution in [0, 0.1) is 0 Å². The Balaban J connectivity index is 2.42. The van der Waals surface area contributed by atoms with E-state index in [2.05, 4.69) is 10.6 Å². The molecule has 0 aromatic rings. The van der Waals surface area contributed by atoms with E-state index in [0.29, 0.717) is 6.42 Å². The van der Waals surface area contributed by atoms with E-state index in [9.17, 15) is 9.59 Å². The molecular formula is C10H18N2O3. The zero-order valence-corrected chi connectivity index (χ0v) is 8.95. The zero-order chi connectivity index (χ0) is 11.3. The quantitative estimate of drug-likeness (QED) is 0.607. The van der Waals surface area contributed by atoms with Gasteiger partial charge in [0.15, 0.2) is 0 Å². The Morgan fingerprint density at radius 1 is 1.60 bits per heavy atom. The van der Waals surface area contributed by atoms with Crippen molar-refractivity contribution in [3.8, 4) is 0 Å². The molecule has 1 aliphatic rings. The van der Waals surface area contributed by atoms with Crippen LogP contribution in [0.15, 0.2) is 0 Å². The third kappa shape index (κ3) is 3.51. The van der Waals surface area contributed by atoms with Crippen LogP contribution in [0.1, 0.15) is 32.6 Å². The van der Waals surface area contributed by atoms with E-state index < -0.39 is 12.0 Å². The summed E-state index contributed by atoms with van der Waals surface area (Å²) >= 11 is 0. The molecule has 1 heterocycles. The lowest BCUT2D eigenvalue weighted by Crippen LogP contribution is -2.48. The van der Waals surface area contributed by atoms with Gasteiger partial charge < -0.3 is 15.7 Å². The monoisotopic (exact) mass is 214 g/mol. The van der Waals surface area contributed by atoms with Gasteiger partial charge in [0.05, 0.1) is 6.04 Å². The van der Waals surface area contributed by atoms with Gasteiger partial charge in [-0.15, -0.1) is 0 Å². The number of amides is 1. The normalized spacial score (nSPS) is 22.3. The Morgan fingerprint density at radius 2 is 2.33 bits per heavy atom. The van der Waals surface area contributed by atoms with Crippen LogP contribution in [-0.2, 0) is 9.59 Å². The van der Waals surface area contributed by atoms with Crippen LogP contribution in [-0.4, -0.2) is 35.6 Å². The molecule has 0 spiro atoms. The first kappa shape index (κ1) is 12.0. The van der Waals surface area contributed by atoms with E-state index in [-0.39, 0.29) is 11.9 Å². The van der Waals surface area contributed by atoms with E-state index >= 15 is 0 Å². The molecular weight excluding hydrogens is 196 g/mol. The van der Waals surface area contributed by atoms with Gasteiger partial charge in [0.25, 0.3) is 0 Å². The highest BCUT2D eigenvalue weighted by Gasteiger charge is 2.26. The van der Waals surface area contributed by atoms with Crippen LogP contribution in [0.25, 0.3) is 0 Å². The van der Waals surface area contributed by atoms with Crippen molar-refractivity contribution in [3.63, 3.8) is 0 Å². The minimum atomic E-state index is -0.955. The molecule has 0 aromatic heterocycles. The summed E-state index contributed by atoms with van der Waals surface area (Å²) in [7, 11) is 0. The Hall–Kier alpha value is -1.10. The molecule has 0 bridgehead atoms. The second kappa shape index (κ2) is 5.70. The van der Waals surface area contributed by atoms with Gasteiger partial charge in [-0.2, -0.15) is 0 Å². The number of carbonyl (C=O) groups is 2. The number of carboxylic acids is 1. The summed E-state index contributed by atoms with van der Waals surface area (Å²) in [4.78, 5) is 22.4. The molecule has 2 atom stereocenters. The minimum Gasteiger partial charge on any atom is -0.480 e. The highest BCUT2D eigenvalue weighted by Crippen LogP contribution is 2.06. The molecule has 86 valence electrons. The second-order valence-corrected chi connectivity index (χ2v) is 3.84. The Morgan fingerprint density at radius 3 is 2.80 bits per heavy atom. The zero-order valence-electron chi connectivity index (χ0n) is 8.95. The van der Waals surface area contributed by atoms with Gasteiger partial charge in [-0.1, -0.05) is 13.3 Å². The molecule has 0 saturated carbocycles. The van der Waals surface area contributed by atoms with Crippen molar-refractivity contribution < 1.29 is 14.7 Å². The molecule has 0 aliphatic carbocycles. The molecule has 0 aromatic carbocycles. The molecule has 0 radical (unpaired) electrons. The molecule has 1 saturated heterocycles. The van der Waals surface area contributed by atoms with Crippen molar-refractivity contribution in [2.45, 2.75) is 44.7 Å². The summed E-state index contributed by atoms with van der Waals surface area (Å²) < 4.78 is 0. The summed E-state index contributed by atoms with van der Waals surface area (Å²) in [5.74, 6) is -1.14. The second-order valence-electron chi connectivity index (χ2n) is 3.84. The van der Waals surface area contributed by atoms with Gasteiger partial charge in [0.2, 0.25) is 5.91 Å². The number of hydrogen-bond acceptors (Lipinski definition) is 3. The summed E-state index contributed by atoms with van der Waals surface area (Å²) in [6.45, 7) is 2.74. The van der Waals surface area contributed by atoms with Crippen molar-refractivity contribution in [1.82, 2.24) is 10.6 Å². The predicted molar refractivity (Wildman–Crippen MR) is 55.5 cm³/mol. The average Bonchev–Trinajstić information content (AvgIpc) is 2.69. The van der Waals surface area contributed by atoms with Gasteiger partial charge in [0.1, 0.15) is 6.04 Å². The highest BCUT2D eigenvalue weighted by molar-refractivity contribution is 5.87. The molecule has 1 unspecified atom stereocenters. The van der Waals surface area contributed by atoms with E-state index in [1.54, 1.807) is 0 Å². The lowest BCUT2D eigenvalue weighted by atomic mass is 10.1. The Kier molecular flexibility index (Phi) is 4.55. The maximum atomic E-state index is 11.6. The fourth-order valence-corrected chi connectivity index (χ4v) is 1.73. The summed E-state index contributed by atoms with van der Waals surface area (Å²) in [5, 5.41) is 14.5. The molecule has 15 heavy (non-hydrogen) atoms. The third-order valence-corrected chi connectivity index (χ3v) is 2.57. The summed E-state index contributed by atoms with van der Waals surface area (Å²) in [6, 6.07) is -0.950. The topological polar surface area (TPSA) is 78.4 Å². The summed E-state index contributed by atoms with van der Waals surface area (Å²) in [5.41, 5.74) is 0. The number of nitrogens with one attached hydrogen (secondary N) is 2. The minimum absolute atomic E-state index is 0.187. The first-order valence-electron chi connectivity index (χ1n) is 5.41. The summed E-state index contributed by atoms with van der Waals surface area (Å²) in [6.07, 6.45) is 3.00. The van der Waals surface area contributed by atoms with E-state index in [4.69, 9.17) is 5.11 Å². The number of rotatable bonds is 5. The van der Waals surface area contributed by atoms with Gasteiger partial charge >= 0.3 is 5.97 Å². The third-order valence-electron chi connectivity index (χ3n) is 2.57. The molecule has 1 aliphatic heterocycles. The molecule has 5 heteroatoms. The molecule has 1 rings (SSSR count). The largest absolute Gasteiger partial charge is 0.480 e. The van der Waals surface area contributed by atoms with Crippen molar-refractivity contribution in [2.75, 3.05) is 6.54 Å². The maximum absolute atomic E-state index is 11.6. The van der Waals surface area contributed by atoms with Crippen LogP contribution in [0.4, 0.5) is 0 Å². The van der Waals surface area contributed by atoms with Gasteiger partial charge in [-0.3, -0.25) is 4.79 Å². The van der Waals surface area contributed by atoms with E-state index in [1.165, 1.54) is 0 Å².